The minimum atomic E-state index is 0.208. The molecule has 1 aromatic heterocycles. The molecule has 2 heterocycles. The van der Waals surface area contributed by atoms with Gasteiger partial charge in [0.2, 0.25) is 0 Å². The first-order valence-corrected chi connectivity index (χ1v) is 5.35. The van der Waals surface area contributed by atoms with Gasteiger partial charge in [0.25, 0.3) is 0 Å². The molecule has 0 aliphatic carbocycles. The number of hydrogen-bond donors (Lipinski definition) is 1. The molecule has 0 spiro atoms. The fourth-order valence-corrected chi connectivity index (χ4v) is 2.05. The van der Waals surface area contributed by atoms with Gasteiger partial charge in [0.05, 0.1) is 6.26 Å². The van der Waals surface area contributed by atoms with E-state index in [1.54, 1.807) is 6.26 Å². The van der Waals surface area contributed by atoms with Crippen molar-refractivity contribution in [2.45, 2.75) is 25.3 Å². The first kappa shape index (κ1) is 9.74. The third kappa shape index (κ3) is 2.59. The summed E-state index contributed by atoms with van der Waals surface area (Å²) in [4.78, 5) is 2.44. The average molecular weight is 194 g/mol. The molecule has 1 atom stereocenters. The van der Waals surface area contributed by atoms with Crippen LogP contribution in [0.2, 0.25) is 0 Å². The second-order valence-electron chi connectivity index (χ2n) is 4.05. The maximum absolute atomic E-state index is 6.04. The largest absolute Gasteiger partial charge is 0.469 e. The fourth-order valence-electron chi connectivity index (χ4n) is 2.05. The molecule has 78 valence electrons. The Morgan fingerprint density at radius 3 is 2.86 bits per heavy atom. The number of nitrogens with zero attached hydrogens (tertiary/aromatic N) is 1. The number of rotatable bonds is 4. The van der Waals surface area contributed by atoms with Gasteiger partial charge in [-0.15, -0.1) is 0 Å². The lowest BCUT2D eigenvalue weighted by molar-refractivity contribution is 0.307. The predicted octanol–water partition coefficient (Wildman–Crippen LogP) is 1.25. The highest BCUT2D eigenvalue weighted by atomic mass is 16.3. The van der Waals surface area contributed by atoms with E-state index in [9.17, 15) is 0 Å². The van der Waals surface area contributed by atoms with Crippen molar-refractivity contribution in [2.75, 3.05) is 19.6 Å². The minimum absolute atomic E-state index is 0.208. The van der Waals surface area contributed by atoms with Crippen LogP contribution in [0.5, 0.6) is 0 Å². The molecule has 14 heavy (non-hydrogen) atoms. The summed E-state index contributed by atoms with van der Waals surface area (Å²) in [6.45, 7) is 3.43. The van der Waals surface area contributed by atoms with Crippen molar-refractivity contribution < 1.29 is 4.42 Å². The van der Waals surface area contributed by atoms with Crippen LogP contribution in [0.3, 0.4) is 0 Å². The first-order chi connectivity index (χ1) is 6.84. The quantitative estimate of drug-likeness (QED) is 0.784. The van der Waals surface area contributed by atoms with Gasteiger partial charge in [0.1, 0.15) is 5.76 Å². The minimum Gasteiger partial charge on any atom is -0.469 e. The molecule has 0 amide bonds. The summed E-state index contributed by atoms with van der Waals surface area (Å²) >= 11 is 0. The van der Waals surface area contributed by atoms with E-state index in [0.717, 1.165) is 18.7 Å². The first-order valence-electron chi connectivity index (χ1n) is 5.35. The number of likely N-dealkylation sites (tertiary alicyclic amines) is 1. The molecule has 2 N–H and O–H groups in total. The van der Waals surface area contributed by atoms with Crippen LogP contribution in [0.4, 0.5) is 0 Å². The molecule has 1 aromatic rings. The lowest BCUT2D eigenvalue weighted by Gasteiger charge is -2.19. The van der Waals surface area contributed by atoms with E-state index in [0.29, 0.717) is 0 Å². The van der Waals surface area contributed by atoms with Gasteiger partial charge in [-0.1, -0.05) is 0 Å². The molecule has 1 aliphatic heterocycles. The summed E-state index contributed by atoms with van der Waals surface area (Å²) in [7, 11) is 0. The highest BCUT2D eigenvalue weighted by Crippen LogP contribution is 2.09. The van der Waals surface area contributed by atoms with Crippen LogP contribution in [0, 0.1) is 0 Å². The Morgan fingerprint density at radius 2 is 2.21 bits per heavy atom. The molecule has 2 rings (SSSR count). The van der Waals surface area contributed by atoms with E-state index < -0.39 is 0 Å². The predicted molar refractivity (Wildman–Crippen MR) is 56.1 cm³/mol. The Morgan fingerprint density at radius 1 is 1.43 bits per heavy atom. The van der Waals surface area contributed by atoms with E-state index in [4.69, 9.17) is 10.2 Å². The van der Waals surface area contributed by atoms with Gasteiger partial charge in [0.15, 0.2) is 0 Å². The van der Waals surface area contributed by atoms with Gasteiger partial charge in [0, 0.05) is 19.0 Å². The van der Waals surface area contributed by atoms with Gasteiger partial charge in [-0.2, -0.15) is 0 Å². The van der Waals surface area contributed by atoms with Gasteiger partial charge >= 0.3 is 0 Å². The molecule has 0 saturated carbocycles. The highest BCUT2D eigenvalue weighted by molar-refractivity contribution is 5.00. The molecular weight excluding hydrogens is 176 g/mol. The van der Waals surface area contributed by atoms with Gasteiger partial charge in [-0.05, 0) is 38.1 Å². The maximum Gasteiger partial charge on any atom is 0.105 e. The summed E-state index contributed by atoms with van der Waals surface area (Å²) in [6.07, 6.45) is 5.21. The van der Waals surface area contributed by atoms with Gasteiger partial charge in [-0.3, -0.25) is 0 Å². The zero-order valence-electron chi connectivity index (χ0n) is 8.48. The molecule has 1 saturated heterocycles. The van der Waals surface area contributed by atoms with Crippen molar-refractivity contribution in [3.63, 3.8) is 0 Å². The van der Waals surface area contributed by atoms with Crippen LogP contribution in [0.1, 0.15) is 18.6 Å². The fraction of sp³-hybridized carbons (Fsp3) is 0.636. The average Bonchev–Trinajstić information content (AvgIpc) is 2.76. The zero-order chi connectivity index (χ0) is 9.80. The van der Waals surface area contributed by atoms with E-state index in [-0.39, 0.29) is 6.04 Å². The highest BCUT2D eigenvalue weighted by Gasteiger charge is 2.15. The molecule has 0 aromatic carbocycles. The van der Waals surface area contributed by atoms with Crippen molar-refractivity contribution >= 4 is 0 Å². The number of furan rings is 1. The van der Waals surface area contributed by atoms with E-state index in [1.807, 2.05) is 12.1 Å². The molecule has 1 aliphatic rings. The smallest absolute Gasteiger partial charge is 0.105 e. The van der Waals surface area contributed by atoms with Crippen LogP contribution >= 0.6 is 0 Å². The molecule has 0 bridgehead atoms. The molecular formula is C11H18N2O. The lowest BCUT2D eigenvalue weighted by atomic mass is 10.2. The molecule has 3 heteroatoms. The molecule has 1 fully saturated rings. The summed E-state index contributed by atoms with van der Waals surface area (Å²) < 4.78 is 5.27. The Labute approximate surface area is 84.9 Å². The topological polar surface area (TPSA) is 42.4 Å². The third-order valence-electron chi connectivity index (χ3n) is 2.73. The Kier molecular flexibility index (Phi) is 3.22. The second-order valence-corrected chi connectivity index (χ2v) is 4.05. The van der Waals surface area contributed by atoms with Crippen LogP contribution in [0.25, 0.3) is 0 Å². The van der Waals surface area contributed by atoms with Crippen LogP contribution in [-0.2, 0) is 6.42 Å². The third-order valence-corrected chi connectivity index (χ3v) is 2.73. The van der Waals surface area contributed by atoms with E-state index >= 15 is 0 Å². The second kappa shape index (κ2) is 4.62. The van der Waals surface area contributed by atoms with Crippen LogP contribution in [0.15, 0.2) is 22.8 Å². The van der Waals surface area contributed by atoms with Crippen LogP contribution < -0.4 is 5.73 Å². The number of nitrogens with two attached hydrogens (primary N) is 1. The molecule has 0 unspecified atom stereocenters. The molecule has 3 nitrogen and oxygen atoms in total. The summed E-state index contributed by atoms with van der Waals surface area (Å²) in [5.74, 6) is 0.997. The SMILES string of the molecule is N[C@H](Cc1ccco1)CN1CCCC1. The maximum atomic E-state index is 6.04. The van der Waals surface area contributed by atoms with Crippen LogP contribution in [-0.4, -0.2) is 30.6 Å². The van der Waals surface area contributed by atoms with Gasteiger partial charge < -0.3 is 15.1 Å². The monoisotopic (exact) mass is 194 g/mol. The Bertz CT molecular complexity index is 252. The lowest BCUT2D eigenvalue weighted by Crippen LogP contribution is -2.37. The summed E-state index contributed by atoms with van der Waals surface area (Å²) in [6, 6.07) is 4.11. The number of hydrogen-bond acceptors (Lipinski definition) is 3. The van der Waals surface area contributed by atoms with Crippen molar-refractivity contribution in [2.24, 2.45) is 5.73 Å². The normalized spacial score (nSPS) is 20.1. The van der Waals surface area contributed by atoms with Crippen molar-refractivity contribution in [3.05, 3.63) is 24.2 Å². The Balaban J connectivity index is 1.75. The van der Waals surface area contributed by atoms with Crippen molar-refractivity contribution in [1.82, 2.24) is 4.90 Å². The van der Waals surface area contributed by atoms with Crippen molar-refractivity contribution in [1.29, 1.82) is 0 Å². The Hall–Kier alpha value is -0.800. The standard InChI is InChI=1S/C11H18N2O/c12-10(8-11-4-3-7-14-11)9-13-5-1-2-6-13/h3-4,7,10H,1-2,5-6,8-9,12H2/t10-/m1/s1. The van der Waals surface area contributed by atoms with Gasteiger partial charge in [-0.25, -0.2) is 0 Å². The van der Waals surface area contributed by atoms with E-state index in [1.165, 1.54) is 25.9 Å². The molecule has 0 radical (unpaired) electrons. The van der Waals surface area contributed by atoms with E-state index in [2.05, 4.69) is 4.90 Å². The zero-order valence-corrected chi connectivity index (χ0v) is 8.48. The van der Waals surface area contributed by atoms with Crippen molar-refractivity contribution in [3.8, 4) is 0 Å². The summed E-state index contributed by atoms with van der Waals surface area (Å²) in [5, 5.41) is 0. The summed E-state index contributed by atoms with van der Waals surface area (Å²) in [5.41, 5.74) is 6.04.